The molecule has 0 radical (unpaired) electrons. The van der Waals surface area contributed by atoms with E-state index >= 15 is 0 Å². The smallest absolute Gasteiger partial charge is 0.122 e. The molecule has 1 aliphatic rings. The SMILES string of the molecule is COc1ccc(OC)c(CCN(C)C2CNC2)c1. The molecule has 4 heteroatoms. The number of nitrogens with one attached hydrogen (secondary N) is 1. The maximum absolute atomic E-state index is 5.39. The van der Waals surface area contributed by atoms with Crippen LogP contribution >= 0.6 is 0 Å². The van der Waals surface area contributed by atoms with Gasteiger partial charge >= 0.3 is 0 Å². The van der Waals surface area contributed by atoms with Crippen LogP contribution in [0.4, 0.5) is 0 Å². The summed E-state index contributed by atoms with van der Waals surface area (Å²) in [6, 6.07) is 6.65. The van der Waals surface area contributed by atoms with Crippen LogP contribution in [0.5, 0.6) is 11.5 Å². The van der Waals surface area contributed by atoms with E-state index in [1.807, 2.05) is 12.1 Å². The van der Waals surface area contributed by atoms with Crippen molar-refractivity contribution < 1.29 is 9.47 Å². The Labute approximate surface area is 109 Å². The van der Waals surface area contributed by atoms with E-state index in [1.165, 1.54) is 5.56 Å². The number of hydrogen-bond donors (Lipinski definition) is 1. The van der Waals surface area contributed by atoms with Crippen LogP contribution in [0.3, 0.4) is 0 Å². The molecule has 4 nitrogen and oxygen atoms in total. The second kappa shape index (κ2) is 6.07. The second-order valence-electron chi connectivity index (χ2n) is 4.72. The highest BCUT2D eigenvalue weighted by atomic mass is 16.5. The van der Waals surface area contributed by atoms with Crippen LogP contribution in [0.25, 0.3) is 0 Å². The first-order chi connectivity index (χ1) is 8.74. The molecule has 0 atom stereocenters. The predicted octanol–water partition coefficient (Wildman–Crippen LogP) is 1.15. The summed E-state index contributed by atoms with van der Waals surface area (Å²) in [6.07, 6.45) is 0.980. The van der Waals surface area contributed by atoms with Gasteiger partial charge in [0.15, 0.2) is 0 Å². The van der Waals surface area contributed by atoms with Gasteiger partial charge in [-0.3, -0.25) is 0 Å². The Morgan fingerprint density at radius 3 is 2.61 bits per heavy atom. The van der Waals surface area contributed by atoms with Crippen LogP contribution in [0.1, 0.15) is 5.56 Å². The Hall–Kier alpha value is -1.26. The van der Waals surface area contributed by atoms with Crippen LogP contribution in [-0.4, -0.2) is 51.8 Å². The van der Waals surface area contributed by atoms with Gasteiger partial charge in [-0.25, -0.2) is 0 Å². The van der Waals surface area contributed by atoms with Crippen molar-refractivity contribution in [2.75, 3.05) is 40.9 Å². The topological polar surface area (TPSA) is 33.7 Å². The van der Waals surface area contributed by atoms with E-state index in [9.17, 15) is 0 Å². The lowest BCUT2D eigenvalue weighted by Gasteiger charge is -2.35. The van der Waals surface area contributed by atoms with Crippen molar-refractivity contribution in [3.63, 3.8) is 0 Å². The summed E-state index contributed by atoms with van der Waals surface area (Å²) in [5.74, 6) is 1.83. The van der Waals surface area contributed by atoms with E-state index in [0.29, 0.717) is 6.04 Å². The fraction of sp³-hybridized carbons (Fsp3) is 0.571. The molecule has 0 aromatic heterocycles. The Balaban J connectivity index is 1.97. The molecule has 0 aliphatic carbocycles. The molecule has 0 saturated carbocycles. The summed E-state index contributed by atoms with van der Waals surface area (Å²) in [6.45, 7) is 3.24. The minimum Gasteiger partial charge on any atom is -0.497 e. The highest BCUT2D eigenvalue weighted by molar-refractivity contribution is 5.40. The first-order valence-corrected chi connectivity index (χ1v) is 6.36. The van der Waals surface area contributed by atoms with E-state index in [2.05, 4.69) is 23.3 Å². The van der Waals surface area contributed by atoms with Crippen molar-refractivity contribution in [3.05, 3.63) is 23.8 Å². The van der Waals surface area contributed by atoms with Crippen LogP contribution in [-0.2, 0) is 6.42 Å². The zero-order valence-corrected chi connectivity index (χ0v) is 11.4. The molecule has 1 aromatic rings. The zero-order valence-electron chi connectivity index (χ0n) is 11.4. The number of ether oxygens (including phenoxy) is 2. The van der Waals surface area contributed by atoms with Crippen LogP contribution in [0, 0.1) is 0 Å². The van der Waals surface area contributed by atoms with Gasteiger partial charge in [0, 0.05) is 25.7 Å². The number of likely N-dealkylation sites (N-methyl/N-ethyl adjacent to an activating group) is 1. The van der Waals surface area contributed by atoms with Gasteiger partial charge in [0.2, 0.25) is 0 Å². The van der Waals surface area contributed by atoms with Crippen molar-refractivity contribution in [2.24, 2.45) is 0 Å². The molecule has 1 N–H and O–H groups in total. The highest BCUT2D eigenvalue weighted by Crippen LogP contribution is 2.24. The molecule has 0 amide bonds. The van der Waals surface area contributed by atoms with Crippen LogP contribution in [0.15, 0.2) is 18.2 Å². The molecule has 0 bridgehead atoms. The quantitative estimate of drug-likeness (QED) is 0.821. The van der Waals surface area contributed by atoms with Gasteiger partial charge in [-0.2, -0.15) is 0 Å². The Morgan fingerprint density at radius 2 is 2.06 bits per heavy atom. The summed E-state index contributed by atoms with van der Waals surface area (Å²) in [5, 5.41) is 3.29. The maximum Gasteiger partial charge on any atom is 0.122 e. The first-order valence-electron chi connectivity index (χ1n) is 6.36. The fourth-order valence-corrected chi connectivity index (χ4v) is 2.14. The lowest BCUT2D eigenvalue weighted by molar-refractivity contribution is 0.182. The molecule has 1 saturated heterocycles. The first kappa shape index (κ1) is 13.2. The molecule has 2 rings (SSSR count). The highest BCUT2D eigenvalue weighted by Gasteiger charge is 2.21. The number of methoxy groups -OCH3 is 2. The van der Waals surface area contributed by atoms with Gasteiger partial charge in [-0.1, -0.05) is 0 Å². The third kappa shape index (κ3) is 2.94. The molecule has 0 spiro atoms. The van der Waals surface area contributed by atoms with Crippen molar-refractivity contribution in [1.29, 1.82) is 0 Å². The number of benzene rings is 1. The molecule has 0 unspecified atom stereocenters. The van der Waals surface area contributed by atoms with E-state index in [1.54, 1.807) is 14.2 Å². The third-order valence-corrected chi connectivity index (χ3v) is 3.60. The average Bonchev–Trinajstić information content (AvgIpc) is 2.33. The summed E-state index contributed by atoms with van der Waals surface area (Å²) >= 11 is 0. The van der Waals surface area contributed by atoms with Gasteiger partial charge in [0.1, 0.15) is 11.5 Å². The molecule has 1 aromatic carbocycles. The molecule has 18 heavy (non-hydrogen) atoms. The fourth-order valence-electron chi connectivity index (χ4n) is 2.14. The van der Waals surface area contributed by atoms with Gasteiger partial charge < -0.3 is 19.7 Å². The monoisotopic (exact) mass is 250 g/mol. The van der Waals surface area contributed by atoms with Crippen molar-refractivity contribution in [1.82, 2.24) is 10.2 Å². The second-order valence-corrected chi connectivity index (χ2v) is 4.72. The molecule has 1 fully saturated rings. The summed E-state index contributed by atoms with van der Waals surface area (Å²) < 4.78 is 10.7. The van der Waals surface area contributed by atoms with Crippen LogP contribution < -0.4 is 14.8 Å². The minimum absolute atomic E-state index is 0.682. The minimum atomic E-state index is 0.682. The lowest BCUT2D eigenvalue weighted by atomic mass is 10.1. The molecular formula is C14H22N2O2. The Morgan fingerprint density at radius 1 is 1.28 bits per heavy atom. The Bertz CT molecular complexity index is 391. The maximum atomic E-state index is 5.39. The standard InChI is InChI=1S/C14H22N2O2/c1-16(12-9-15-10-12)7-6-11-8-13(17-2)4-5-14(11)18-3/h4-5,8,12,15H,6-7,9-10H2,1-3H3. The van der Waals surface area contributed by atoms with Crippen molar-refractivity contribution in [3.8, 4) is 11.5 Å². The van der Waals surface area contributed by atoms with Gasteiger partial charge in [-0.05, 0) is 37.2 Å². The number of hydrogen-bond acceptors (Lipinski definition) is 4. The van der Waals surface area contributed by atoms with E-state index in [0.717, 1.165) is 37.6 Å². The molecule has 1 heterocycles. The van der Waals surface area contributed by atoms with Gasteiger partial charge in [-0.15, -0.1) is 0 Å². The van der Waals surface area contributed by atoms with Crippen LogP contribution in [0.2, 0.25) is 0 Å². The lowest BCUT2D eigenvalue weighted by Crippen LogP contribution is -2.56. The van der Waals surface area contributed by atoms with E-state index in [4.69, 9.17) is 9.47 Å². The summed E-state index contributed by atoms with van der Waals surface area (Å²) in [7, 11) is 5.58. The van der Waals surface area contributed by atoms with Gasteiger partial charge in [0.25, 0.3) is 0 Å². The van der Waals surface area contributed by atoms with E-state index < -0.39 is 0 Å². The zero-order chi connectivity index (χ0) is 13.0. The Kier molecular flexibility index (Phi) is 4.44. The van der Waals surface area contributed by atoms with E-state index in [-0.39, 0.29) is 0 Å². The predicted molar refractivity (Wildman–Crippen MR) is 72.5 cm³/mol. The third-order valence-electron chi connectivity index (χ3n) is 3.60. The molecule has 100 valence electrons. The largest absolute Gasteiger partial charge is 0.497 e. The van der Waals surface area contributed by atoms with Crippen molar-refractivity contribution in [2.45, 2.75) is 12.5 Å². The summed E-state index contributed by atoms with van der Waals surface area (Å²) in [5.41, 5.74) is 1.20. The van der Waals surface area contributed by atoms with Crippen molar-refractivity contribution >= 4 is 0 Å². The number of rotatable bonds is 6. The molecule has 1 aliphatic heterocycles. The number of nitrogens with zero attached hydrogens (tertiary/aromatic N) is 1. The molecular weight excluding hydrogens is 228 g/mol. The van der Waals surface area contributed by atoms with Gasteiger partial charge in [0.05, 0.1) is 14.2 Å². The summed E-state index contributed by atoms with van der Waals surface area (Å²) in [4.78, 5) is 2.40. The average molecular weight is 250 g/mol. The normalized spacial score (nSPS) is 15.6.